The second-order valence-corrected chi connectivity index (χ2v) is 13.5. The van der Waals surface area contributed by atoms with Crippen LogP contribution < -0.4 is 4.74 Å². The van der Waals surface area contributed by atoms with E-state index in [1.807, 2.05) is 0 Å². The number of carbonyl (C=O) groups excluding carboxylic acids is 1. The number of pyridine rings is 1. The Kier molecular flexibility index (Phi) is 8.60. The molecule has 3 rings (SSSR count). The lowest BCUT2D eigenvalue weighted by Gasteiger charge is -2.33. The van der Waals surface area contributed by atoms with Crippen LogP contribution in [0.25, 0.3) is 0 Å². The molecule has 1 aliphatic rings. The quantitative estimate of drug-likeness (QED) is 0.429. The largest absolute Gasteiger partial charge is 0.573 e. The summed E-state index contributed by atoms with van der Waals surface area (Å²) in [5.74, 6) is -1.76. The number of hydrogen-bond acceptors (Lipinski definition) is 7. The summed E-state index contributed by atoms with van der Waals surface area (Å²) in [4.78, 5) is 17.0. The van der Waals surface area contributed by atoms with Crippen molar-refractivity contribution >= 4 is 25.6 Å². The van der Waals surface area contributed by atoms with E-state index in [0.717, 1.165) is 30.5 Å². The summed E-state index contributed by atoms with van der Waals surface area (Å²) in [6.07, 6.45) is -8.43. The minimum atomic E-state index is -5.07. The van der Waals surface area contributed by atoms with E-state index < -0.39 is 64.7 Å². The number of ether oxygens (including phenoxy) is 1. The third kappa shape index (κ3) is 7.62. The number of halogens is 6. The summed E-state index contributed by atoms with van der Waals surface area (Å²) in [6, 6.07) is 5.01. The highest BCUT2D eigenvalue weighted by Crippen LogP contribution is 2.32. The van der Waals surface area contributed by atoms with Crippen LogP contribution in [0.1, 0.15) is 42.2 Å². The van der Waals surface area contributed by atoms with Crippen molar-refractivity contribution in [2.75, 3.05) is 19.3 Å². The van der Waals surface area contributed by atoms with Gasteiger partial charge >= 0.3 is 12.5 Å². The molecule has 1 fully saturated rings. The summed E-state index contributed by atoms with van der Waals surface area (Å²) in [5.41, 5.74) is -1.66. The molecule has 2 aromatic rings. The second kappa shape index (κ2) is 10.9. The number of benzene rings is 1. The molecule has 1 aliphatic heterocycles. The number of rotatable bonds is 7. The lowest BCUT2D eigenvalue weighted by Crippen LogP contribution is -2.40. The zero-order chi connectivity index (χ0) is 29.4. The van der Waals surface area contributed by atoms with Crippen molar-refractivity contribution in [3.8, 4) is 5.75 Å². The zero-order valence-electron chi connectivity index (χ0n) is 20.6. The van der Waals surface area contributed by atoms with Gasteiger partial charge in [-0.3, -0.25) is 4.79 Å². The molecule has 1 aromatic carbocycles. The van der Waals surface area contributed by atoms with Crippen LogP contribution in [-0.4, -0.2) is 63.6 Å². The number of sulfone groups is 2. The Hall–Kier alpha value is -2.88. The molecule has 1 amide bonds. The molecule has 0 aliphatic carbocycles. The lowest BCUT2D eigenvalue weighted by molar-refractivity contribution is -0.274. The summed E-state index contributed by atoms with van der Waals surface area (Å²) in [5, 5.41) is -1.76. The van der Waals surface area contributed by atoms with Gasteiger partial charge in [-0.2, -0.15) is 13.2 Å². The smallest absolute Gasteiger partial charge is 0.406 e. The Morgan fingerprint density at radius 3 is 2.21 bits per heavy atom. The molecule has 1 saturated heterocycles. The second-order valence-electron chi connectivity index (χ2n) is 9.16. The van der Waals surface area contributed by atoms with Crippen LogP contribution in [0.3, 0.4) is 0 Å². The van der Waals surface area contributed by atoms with Crippen molar-refractivity contribution in [1.82, 2.24) is 9.88 Å². The average molecular weight is 603 g/mol. The topological polar surface area (TPSA) is 111 Å². The van der Waals surface area contributed by atoms with E-state index in [4.69, 9.17) is 0 Å². The lowest BCUT2D eigenvalue weighted by atomic mass is 9.92. The maximum Gasteiger partial charge on any atom is 0.573 e. The first-order chi connectivity index (χ1) is 17.8. The van der Waals surface area contributed by atoms with E-state index in [1.165, 1.54) is 11.8 Å². The van der Waals surface area contributed by atoms with Gasteiger partial charge in [-0.1, -0.05) is 6.07 Å². The van der Waals surface area contributed by atoms with Gasteiger partial charge in [-0.15, -0.1) is 13.2 Å². The van der Waals surface area contributed by atoms with Crippen LogP contribution in [-0.2, 0) is 25.9 Å². The first-order valence-electron chi connectivity index (χ1n) is 11.5. The number of likely N-dealkylation sites (tertiary alicyclic amines) is 1. The van der Waals surface area contributed by atoms with E-state index in [0.29, 0.717) is 25.0 Å². The van der Waals surface area contributed by atoms with Crippen molar-refractivity contribution in [2.24, 2.45) is 5.92 Å². The molecule has 1 aromatic heterocycles. The number of carbonyl (C=O) groups is 1. The Morgan fingerprint density at radius 2 is 1.67 bits per heavy atom. The van der Waals surface area contributed by atoms with Crippen molar-refractivity contribution in [3.05, 3.63) is 47.7 Å². The standard InChI is InChI=1S/C23H24F6N2O6S2/c1-14(39(35,36)20-5-3-4-19(30-20)22(24,25)26)12-15-8-10-31(11-9-15)21(32)17-7-6-16(37-23(27,28)29)13-18(17)38(2,33)34/h3-7,13-15H,8-12H2,1-2H3. The van der Waals surface area contributed by atoms with Gasteiger partial charge < -0.3 is 9.64 Å². The van der Waals surface area contributed by atoms with Crippen LogP contribution in [0.2, 0.25) is 0 Å². The van der Waals surface area contributed by atoms with Gasteiger partial charge in [-0.05, 0) is 62.4 Å². The van der Waals surface area contributed by atoms with Gasteiger partial charge in [-0.25, -0.2) is 21.8 Å². The molecule has 0 spiro atoms. The van der Waals surface area contributed by atoms with Crippen LogP contribution in [0.5, 0.6) is 5.75 Å². The van der Waals surface area contributed by atoms with E-state index in [1.54, 1.807) is 0 Å². The van der Waals surface area contributed by atoms with Gasteiger partial charge in [0.15, 0.2) is 24.7 Å². The number of nitrogens with zero attached hydrogens (tertiary/aromatic N) is 2. The zero-order valence-corrected chi connectivity index (χ0v) is 22.2. The van der Waals surface area contributed by atoms with E-state index in [-0.39, 0.29) is 31.0 Å². The Labute approximate surface area is 220 Å². The average Bonchev–Trinajstić information content (AvgIpc) is 2.82. The molecule has 8 nitrogen and oxygen atoms in total. The van der Waals surface area contributed by atoms with Crippen molar-refractivity contribution in [3.63, 3.8) is 0 Å². The molecule has 0 N–H and O–H groups in total. The van der Waals surface area contributed by atoms with Crippen LogP contribution >= 0.6 is 0 Å². The monoisotopic (exact) mass is 602 g/mol. The van der Waals surface area contributed by atoms with Crippen LogP contribution in [0.4, 0.5) is 26.3 Å². The summed E-state index contributed by atoms with van der Waals surface area (Å²) >= 11 is 0. The van der Waals surface area contributed by atoms with Gasteiger partial charge in [0, 0.05) is 19.3 Å². The Balaban J connectivity index is 1.70. The number of aromatic nitrogens is 1. The number of hydrogen-bond donors (Lipinski definition) is 0. The van der Waals surface area contributed by atoms with Crippen molar-refractivity contribution in [1.29, 1.82) is 0 Å². The molecule has 1 unspecified atom stereocenters. The van der Waals surface area contributed by atoms with Crippen molar-refractivity contribution in [2.45, 2.75) is 53.9 Å². The molecular weight excluding hydrogens is 578 g/mol. The van der Waals surface area contributed by atoms with Crippen molar-refractivity contribution < 1.29 is 52.7 Å². The molecule has 0 bridgehead atoms. The van der Waals surface area contributed by atoms with E-state index in [2.05, 4.69) is 9.72 Å². The number of piperidine rings is 1. The maximum atomic E-state index is 13.1. The highest BCUT2D eigenvalue weighted by atomic mass is 32.2. The molecule has 216 valence electrons. The molecule has 16 heteroatoms. The fraction of sp³-hybridized carbons (Fsp3) is 0.478. The minimum absolute atomic E-state index is 0.0837. The normalized spacial score (nSPS) is 16.7. The predicted octanol–water partition coefficient (Wildman–Crippen LogP) is 4.51. The van der Waals surface area contributed by atoms with Gasteiger partial charge in [0.05, 0.1) is 15.7 Å². The highest BCUT2D eigenvalue weighted by molar-refractivity contribution is 7.92. The third-order valence-corrected chi connectivity index (χ3v) is 9.42. The van der Waals surface area contributed by atoms with Crippen LogP contribution in [0, 0.1) is 5.92 Å². The first kappa shape index (κ1) is 30.7. The van der Waals surface area contributed by atoms with Gasteiger partial charge in [0.2, 0.25) is 0 Å². The molecule has 2 heterocycles. The number of amides is 1. The fourth-order valence-corrected chi connectivity index (χ4v) is 6.58. The summed E-state index contributed by atoms with van der Waals surface area (Å²) in [7, 11) is -8.30. The summed E-state index contributed by atoms with van der Waals surface area (Å²) < 4.78 is 130. The SMILES string of the molecule is CC(CC1CCN(C(=O)c2ccc(OC(F)(F)F)cc2S(C)(=O)=O)CC1)S(=O)(=O)c1cccc(C(F)(F)F)n1. The Morgan fingerprint density at radius 1 is 1.05 bits per heavy atom. The molecule has 0 saturated carbocycles. The van der Waals surface area contributed by atoms with Gasteiger partial charge in [0.1, 0.15) is 11.4 Å². The fourth-order valence-electron chi connectivity index (χ4n) is 4.26. The molecule has 39 heavy (non-hydrogen) atoms. The maximum absolute atomic E-state index is 13.1. The molecular formula is C23H24F6N2O6S2. The number of alkyl halides is 6. The van der Waals surface area contributed by atoms with Crippen LogP contribution in [0.15, 0.2) is 46.3 Å². The summed E-state index contributed by atoms with van der Waals surface area (Å²) in [6.45, 7) is 1.56. The molecule has 0 radical (unpaired) electrons. The third-order valence-electron chi connectivity index (χ3n) is 6.22. The van der Waals surface area contributed by atoms with E-state index >= 15 is 0 Å². The Bertz CT molecular complexity index is 1430. The van der Waals surface area contributed by atoms with E-state index in [9.17, 15) is 48.0 Å². The van der Waals surface area contributed by atoms with Gasteiger partial charge in [0.25, 0.3) is 5.91 Å². The predicted molar refractivity (Wildman–Crippen MR) is 125 cm³/mol. The first-order valence-corrected chi connectivity index (χ1v) is 14.9. The minimum Gasteiger partial charge on any atom is -0.406 e. The highest BCUT2D eigenvalue weighted by Gasteiger charge is 2.36. The molecule has 1 atom stereocenters.